The van der Waals surface area contributed by atoms with Gasteiger partial charge in [0.05, 0.1) is 5.69 Å². The monoisotopic (exact) mass is 201 g/mol. The smallest absolute Gasteiger partial charge is 0.163 e. The highest BCUT2D eigenvalue weighted by molar-refractivity contribution is 5.55. The molecule has 3 heteroatoms. The number of piperidine rings is 1. The zero-order valence-corrected chi connectivity index (χ0v) is 8.98. The van der Waals surface area contributed by atoms with Gasteiger partial charge in [0.25, 0.3) is 0 Å². The summed E-state index contributed by atoms with van der Waals surface area (Å²) in [7, 11) is 0. The van der Waals surface area contributed by atoms with Gasteiger partial charge in [0.1, 0.15) is 6.07 Å². The summed E-state index contributed by atoms with van der Waals surface area (Å²) in [4.78, 5) is 6.37. The van der Waals surface area contributed by atoms with E-state index in [0.717, 1.165) is 18.8 Å². The first-order chi connectivity index (χ1) is 7.31. The molecule has 1 unspecified atom stereocenters. The number of rotatable bonds is 1. The molecule has 1 saturated heterocycles. The third kappa shape index (κ3) is 2.10. The van der Waals surface area contributed by atoms with Crippen LogP contribution in [0.3, 0.4) is 0 Å². The summed E-state index contributed by atoms with van der Waals surface area (Å²) in [5, 5.41) is 8.98. The summed E-state index contributed by atoms with van der Waals surface area (Å²) in [5.74, 6) is 0.713. The van der Waals surface area contributed by atoms with Crippen LogP contribution < -0.4 is 4.90 Å². The molecule has 0 amide bonds. The Morgan fingerprint density at radius 3 is 3.20 bits per heavy atom. The highest BCUT2D eigenvalue weighted by atomic mass is 15.1. The van der Waals surface area contributed by atoms with Gasteiger partial charge < -0.3 is 4.90 Å². The third-order valence-corrected chi connectivity index (χ3v) is 2.89. The molecule has 1 aliphatic heterocycles. The van der Waals surface area contributed by atoms with Crippen molar-refractivity contribution >= 4 is 5.69 Å². The van der Waals surface area contributed by atoms with E-state index >= 15 is 0 Å². The summed E-state index contributed by atoms with van der Waals surface area (Å²) < 4.78 is 0. The molecule has 2 heterocycles. The molecule has 0 bridgehead atoms. The molecule has 0 aliphatic carbocycles. The average molecular weight is 201 g/mol. The topological polar surface area (TPSA) is 39.9 Å². The second-order valence-electron chi connectivity index (χ2n) is 4.18. The maximum atomic E-state index is 8.98. The van der Waals surface area contributed by atoms with E-state index in [9.17, 15) is 0 Å². The first-order valence-corrected chi connectivity index (χ1v) is 5.41. The molecule has 0 radical (unpaired) electrons. The molecule has 3 nitrogen and oxygen atoms in total. The highest BCUT2D eigenvalue weighted by Crippen LogP contribution is 2.24. The molecule has 0 saturated carbocycles. The van der Waals surface area contributed by atoms with E-state index in [1.165, 1.54) is 12.8 Å². The van der Waals surface area contributed by atoms with Gasteiger partial charge in [-0.15, -0.1) is 0 Å². The number of nitriles is 1. The summed E-state index contributed by atoms with van der Waals surface area (Å²) >= 11 is 0. The molecule has 0 spiro atoms. The minimum absolute atomic E-state index is 0.548. The zero-order valence-electron chi connectivity index (χ0n) is 8.98. The van der Waals surface area contributed by atoms with Crippen LogP contribution in [0.25, 0.3) is 0 Å². The Balaban J connectivity index is 2.25. The zero-order chi connectivity index (χ0) is 10.7. The van der Waals surface area contributed by atoms with E-state index in [2.05, 4.69) is 22.9 Å². The fourth-order valence-electron chi connectivity index (χ4n) is 2.15. The molecular weight excluding hydrogens is 186 g/mol. The van der Waals surface area contributed by atoms with Gasteiger partial charge in [-0.2, -0.15) is 5.26 Å². The largest absolute Gasteiger partial charge is 0.369 e. The number of aromatic nitrogens is 1. The predicted octanol–water partition coefficient (Wildman–Crippen LogP) is 2.19. The Kier molecular flexibility index (Phi) is 2.86. The minimum Gasteiger partial charge on any atom is -0.369 e. The van der Waals surface area contributed by atoms with Crippen molar-refractivity contribution in [1.82, 2.24) is 4.98 Å². The Hall–Kier alpha value is -1.56. The van der Waals surface area contributed by atoms with Crippen LogP contribution in [0.5, 0.6) is 0 Å². The van der Waals surface area contributed by atoms with Crippen molar-refractivity contribution in [3.05, 3.63) is 24.0 Å². The maximum Gasteiger partial charge on any atom is 0.163 e. The standard InChI is InChI=1S/C12H15N3/c1-10-4-3-7-15(9-10)12-5-2-6-14-11(12)8-13/h2,5-6,10H,3-4,7,9H2,1H3. The number of anilines is 1. The lowest BCUT2D eigenvalue weighted by atomic mass is 9.99. The average Bonchev–Trinajstić information content (AvgIpc) is 2.29. The van der Waals surface area contributed by atoms with Crippen LogP contribution >= 0.6 is 0 Å². The van der Waals surface area contributed by atoms with Crippen LogP contribution in [0.1, 0.15) is 25.5 Å². The normalized spacial score (nSPS) is 21.1. The SMILES string of the molecule is CC1CCCN(c2cccnc2C#N)C1. The minimum atomic E-state index is 0.548. The lowest BCUT2D eigenvalue weighted by Crippen LogP contribution is -2.34. The lowest BCUT2D eigenvalue weighted by molar-refractivity contribution is 0.446. The fourth-order valence-corrected chi connectivity index (χ4v) is 2.15. The number of hydrogen-bond donors (Lipinski definition) is 0. The summed E-state index contributed by atoms with van der Waals surface area (Å²) in [6, 6.07) is 6.04. The van der Waals surface area contributed by atoms with Crippen molar-refractivity contribution in [2.45, 2.75) is 19.8 Å². The van der Waals surface area contributed by atoms with Gasteiger partial charge in [-0.3, -0.25) is 0 Å². The van der Waals surface area contributed by atoms with E-state index in [-0.39, 0.29) is 0 Å². The fraction of sp³-hybridized carbons (Fsp3) is 0.500. The molecule has 1 aromatic rings. The predicted molar refractivity (Wildman–Crippen MR) is 59.6 cm³/mol. The number of nitrogens with zero attached hydrogens (tertiary/aromatic N) is 3. The van der Waals surface area contributed by atoms with Crippen LogP contribution in [0.2, 0.25) is 0 Å². The summed E-state index contributed by atoms with van der Waals surface area (Å²) in [5.41, 5.74) is 1.54. The van der Waals surface area contributed by atoms with Gasteiger partial charge in [0, 0.05) is 19.3 Å². The van der Waals surface area contributed by atoms with Crippen molar-refractivity contribution in [3.8, 4) is 6.07 Å². The van der Waals surface area contributed by atoms with Crippen LogP contribution in [0.4, 0.5) is 5.69 Å². The van der Waals surface area contributed by atoms with Crippen LogP contribution in [-0.4, -0.2) is 18.1 Å². The van der Waals surface area contributed by atoms with E-state index < -0.39 is 0 Å². The molecular formula is C12H15N3. The van der Waals surface area contributed by atoms with E-state index in [1.54, 1.807) is 6.20 Å². The molecule has 0 N–H and O–H groups in total. The van der Waals surface area contributed by atoms with Crippen LogP contribution in [-0.2, 0) is 0 Å². The van der Waals surface area contributed by atoms with Crippen molar-refractivity contribution in [1.29, 1.82) is 5.26 Å². The molecule has 2 rings (SSSR count). The molecule has 1 atom stereocenters. The molecule has 15 heavy (non-hydrogen) atoms. The number of pyridine rings is 1. The van der Waals surface area contributed by atoms with Crippen LogP contribution in [0, 0.1) is 17.2 Å². The second kappa shape index (κ2) is 4.31. The Labute approximate surface area is 90.4 Å². The van der Waals surface area contributed by atoms with Crippen molar-refractivity contribution in [2.24, 2.45) is 5.92 Å². The quantitative estimate of drug-likeness (QED) is 0.699. The van der Waals surface area contributed by atoms with Crippen molar-refractivity contribution in [2.75, 3.05) is 18.0 Å². The van der Waals surface area contributed by atoms with E-state index in [1.807, 2.05) is 12.1 Å². The molecule has 1 fully saturated rings. The Bertz CT molecular complexity index is 381. The first kappa shape index (κ1) is 9.97. The molecule has 1 aliphatic rings. The second-order valence-corrected chi connectivity index (χ2v) is 4.18. The summed E-state index contributed by atoms with van der Waals surface area (Å²) in [6.07, 6.45) is 4.18. The summed E-state index contributed by atoms with van der Waals surface area (Å²) in [6.45, 7) is 4.35. The van der Waals surface area contributed by atoms with Crippen LogP contribution in [0.15, 0.2) is 18.3 Å². The maximum absolute atomic E-state index is 8.98. The van der Waals surface area contributed by atoms with Gasteiger partial charge in [0.2, 0.25) is 0 Å². The molecule has 78 valence electrons. The number of hydrogen-bond acceptors (Lipinski definition) is 3. The lowest BCUT2D eigenvalue weighted by Gasteiger charge is -2.32. The first-order valence-electron chi connectivity index (χ1n) is 5.41. The highest BCUT2D eigenvalue weighted by Gasteiger charge is 2.18. The Morgan fingerprint density at radius 2 is 2.47 bits per heavy atom. The van der Waals surface area contributed by atoms with Gasteiger partial charge in [-0.25, -0.2) is 4.98 Å². The van der Waals surface area contributed by atoms with Crippen molar-refractivity contribution < 1.29 is 0 Å². The Morgan fingerprint density at radius 1 is 1.60 bits per heavy atom. The molecule has 1 aromatic heterocycles. The third-order valence-electron chi connectivity index (χ3n) is 2.89. The van der Waals surface area contributed by atoms with E-state index in [4.69, 9.17) is 5.26 Å². The van der Waals surface area contributed by atoms with Gasteiger partial charge in [-0.1, -0.05) is 6.92 Å². The molecule has 0 aromatic carbocycles. The van der Waals surface area contributed by atoms with E-state index in [0.29, 0.717) is 11.6 Å². The van der Waals surface area contributed by atoms with Gasteiger partial charge in [-0.05, 0) is 30.9 Å². The van der Waals surface area contributed by atoms with Gasteiger partial charge in [0.15, 0.2) is 5.69 Å². The van der Waals surface area contributed by atoms with Crippen molar-refractivity contribution in [3.63, 3.8) is 0 Å². The van der Waals surface area contributed by atoms with Gasteiger partial charge >= 0.3 is 0 Å².